The van der Waals surface area contributed by atoms with E-state index in [4.69, 9.17) is 20.3 Å². The first kappa shape index (κ1) is 20.1. The number of aliphatic hydroxyl groups is 1. The highest BCUT2D eigenvalue weighted by atomic mass is 16.5. The molecule has 3 N–H and O–H groups in total. The van der Waals surface area contributed by atoms with Gasteiger partial charge in [-0.25, -0.2) is 0 Å². The second-order valence-corrected chi connectivity index (χ2v) is 6.78. The van der Waals surface area contributed by atoms with Crippen molar-refractivity contribution < 1.29 is 14.6 Å². The molecule has 0 radical (unpaired) electrons. The van der Waals surface area contributed by atoms with Crippen molar-refractivity contribution in [3.05, 3.63) is 47.5 Å². The molecule has 25 heavy (non-hydrogen) atoms. The number of benzene rings is 1. The summed E-state index contributed by atoms with van der Waals surface area (Å²) < 4.78 is 11.3. The summed E-state index contributed by atoms with van der Waals surface area (Å²) in [7, 11) is 0. The van der Waals surface area contributed by atoms with Crippen molar-refractivity contribution in [2.75, 3.05) is 33.0 Å². The first-order valence-corrected chi connectivity index (χ1v) is 9.51. The minimum Gasteiger partial charge on any atom is -0.396 e. The van der Waals surface area contributed by atoms with Gasteiger partial charge in [-0.05, 0) is 61.3 Å². The van der Waals surface area contributed by atoms with Gasteiger partial charge in [0.15, 0.2) is 0 Å². The number of nitrogens with two attached hydrogens (primary N) is 1. The van der Waals surface area contributed by atoms with Gasteiger partial charge in [0, 0.05) is 6.61 Å². The molecule has 0 spiro atoms. The van der Waals surface area contributed by atoms with Gasteiger partial charge >= 0.3 is 0 Å². The fourth-order valence-corrected chi connectivity index (χ4v) is 3.50. The second kappa shape index (κ2) is 11.4. The van der Waals surface area contributed by atoms with Gasteiger partial charge in [0.25, 0.3) is 0 Å². The van der Waals surface area contributed by atoms with Gasteiger partial charge < -0.3 is 20.3 Å². The summed E-state index contributed by atoms with van der Waals surface area (Å²) in [5, 5.41) is 8.95. The smallest absolute Gasteiger partial charge is 0.0704 e. The van der Waals surface area contributed by atoms with Crippen LogP contribution < -0.4 is 5.73 Å². The van der Waals surface area contributed by atoms with Crippen LogP contribution in [0.3, 0.4) is 0 Å². The third-order valence-electron chi connectivity index (χ3n) is 4.95. The highest BCUT2D eigenvalue weighted by Crippen LogP contribution is 2.28. The molecule has 1 unspecified atom stereocenters. The lowest BCUT2D eigenvalue weighted by Gasteiger charge is -2.26. The third kappa shape index (κ3) is 6.55. The van der Waals surface area contributed by atoms with E-state index < -0.39 is 0 Å². The lowest BCUT2D eigenvalue weighted by molar-refractivity contribution is 0.00495. The summed E-state index contributed by atoms with van der Waals surface area (Å²) in [6.45, 7) is 6.42. The first-order valence-electron chi connectivity index (χ1n) is 9.51. The average Bonchev–Trinajstić information content (AvgIpc) is 2.65. The Morgan fingerprint density at radius 1 is 1.28 bits per heavy atom. The predicted molar refractivity (Wildman–Crippen MR) is 102 cm³/mol. The van der Waals surface area contributed by atoms with Gasteiger partial charge in [0.05, 0.1) is 25.9 Å². The van der Waals surface area contributed by atoms with Crippen molar-refractivity contribution in [3.8, 4) is 0 Å². The van der Waals surface area contributed by atoms with Crippen LogP contribution in [0.25, 0.3) is 0 Å². The molecular weight excluding hydrogens is 314 g/mol. The van der Waals surface area contributed by atoms with Crippen LogP contribution >= 0.6 is 0 Å². The van der Waals surface area contributed by atoms with Gasteiger partial charge in [0.1, 0.15) is 0 Å². The van der Waals surface area contributed by atoms with E-state index in [9.17, 15) is 0 Å². The topological polar surface area (TPSA) is 64.7 Å². The number of aryl methyl sites for hydroxylation is 1. The van der Waals surface area contributed by atoms with Gasteiger partial charge in [-0.1, -0.05) is 30.7 Å². The maximum atomic E-state index is 8.95. The zero-order valence-corrected chi connectivity index (χ0v) is 15.3. The molecular formula is C21H33NO3. The number of aliphatic hydroxyl groups excluding tert-OH is 1. The van der Waals surface area contributed by atoms with Gasteiger partial charge in [-0.2, -0.15) is 0 Å². The van der Waals surface area contributed by atoms with Crippen LogP contribution in [0.15, 0.2) is 30.9 Å². The summed E-state index contributed by atoms with van der Waals surface area (Å²) in [5.74, 6) is 0.396. The first-order chi connectivity index (χ1) is 12.3. The molecule has 1 aliphatic carbocycles. The minimum absolute atomic E-state index is 0.265. The zero-order chi connectivity index (χ0) is 17.9. The molecule has 140 valence electrons. The molecule has 0 bridgehead atoms. The quantitative estimate of drug-likeness (QED) is 0.451. The van der Waals surface area contributed by atoms with E-state index in [1.165, 1.54) is 16.7 Å². The molecule has 1 aromatic rings. The summed E-state index contributed by atoms with van der Waals surface area (Å²) >= 11 is 0. The van der Waals surface area contributed by atoms with E-state index in [1.807, 2.05) is 0 Å². The summed E-state index contributed by atoms with van der Waals surface area (Å²) in [5.41, 5.74) is 10.2. The number of rotatable bonds is 12. The largest absolute Gasteiger partial charge is 0.396 e. The molecule has 1 aromatic carbocycles. The molecule has 1 aliphatic rings. The molecule has 2 atom stereocenters. The molecule has 2 rings (SSSR count). The fourth-order valence-electron chi connectivity index (χ4n) is 3.50. The van der Waals surface area contributed by atoms with Crippen molar-refractivity contribution in [1.82, 2.24) is 0 Å². The molecule has 0 aromatic heterocycles. The highest BCUT2D eigenvalue weighted by molar-refractivity contribution is 5.36. The number of hydrogen-bond acceptors (Lipinski definition) is 4. The molecule has 4 heteroatoms. The van der Waals surface area contributed by atoms with E-state index >= 15 is 0 Å². The van der Waals surface area contributed by atoms with Crippen molar-refractivity contribution in [1.29, 1.82) is 0 Å². The lowest BCUT2D eigenvalue weighted by atomic mass is 9.85. The zero-order valence-electron chi connectivity index (χ0n) is 15.3. The normalized spacial score (nSPS) is 17.9. The van der Waals surface area contributed by atoms with E-state index in [2.05, 4.69) is 24.8 Å². The van der Waals surface area contributed by atoms with Crippen LogP contribution in [0.2, 0.25) is 0 Å². The highest BCUT2D eigenvalue weighted by Gasteiger charge is 2.20. The Morgan fingerprint density at radius 3 is 2.92 bits per heavy atom. The molecule has 0 saturated heterocycles. The van der Waals surface area contributed by atoms with E-state index in [-0.39, 0.29) is 6.61 Å². The van der Waals surface area contributed by atoms with E-state index in [1.54, 1.807) is 6.08 Å². The van der Waals surface area contributed by atoms with Crippen LogP contribution in [0, 0.1) is 0 Å². The van der Waals surface area contributed by atoms with E-state index in [0.717, 1.165) is 38.5 Å². The maximum absolute atomic E-state index is 8.95. The minimum atomic E-state index is 0.265. The Morgan fingerprint density at radius 2 is 2.16 bits per heavy atom. The lowest BCUT2D eigenvalue weighted by Crippen LogP contribution is -2.24. The number of unbranched alkanes of at least 4 members (excludes halogenated alkanes) is 1. The van der Waals surface area contributed by atoms with Crippen molar-refractivity contribution in [2.24, 2.45) is 5.73 Å². The standard InChI is InChI=1S/C21H33NO3/c1-2-11-24-12-13-25-21-9-8-17-14-18(6-7-19(17)15-21)20(16-22)5-3-4-10-23/h2,6-7,14,20-21,23H,1,3-5,8-13,15-16,22H2/t20-,21?/m0/s1. The van der Waals surface area contributed by atoms with Gasteiger partial charge in [0.2, 0.25) is 0 Å². The SMILES string of the molecule is C=CCOCCOC1CCc2cc([C@H](CN)CCCCO)ccc2C1. The summed E-state index contributed by atoms with van der Waals surface area (Å²) in [6.07, 6.45) is 8.09. The Balaban J connectivity index is 1.86. The van der Waals surface area contributed by atoms with Gasteiger partial charge in [-0.3, -0.25) is 0 Å². The maximum Gasteiger partial charge on any atom is 0.0704 e. The molecule has 0 aliphatic heterocycles. The Kier molecular flexibility index (Phi) is 9.19. The summed E-state index contributed by atoms with van der Waals surface area (Å²) in [6, 6.07) is 6.82. The molecule has 0 heterocycles. The fraction of sp³-hybridized carbons (Fsp3) is 0.619. The van der Waals surface area contributed by atoms with Crippen LogP contribution in [0.4, 0.5) is 0 Å². The number of fused-ring (bicyclic) bond motifs is 1. The van der Waals surface area contributed by atoms with Crippen molar-refractivity contribution in [2.45, 2.75) is 50.5 Å². The van der Waals surface area contributed by atoms with Crippen LogP contribution in [0.5, 0.6) is 0 Å². The molecule has 0 saturated carbocycles. The Hall–Kier alpha value is -1.20. The van der Waals surface area contributed by atoms with Crippen LogP contribution in [0.1, 0.15) is 48.3 Å². The monoisotopic (exact) mass is 347 g/mol. The summed E-state index contributed by atoms with van der Waals surface area (Å²) in [4.78, 5) is 0. The second-order valence-electron chi connectivity index (χ2n) is 6.78. The van der Waals surface area contributed by atoms with Crippen LogP contribution in [-0.2, 0) is 22.3 Å². The van der Waals surface area contributed by atoms with E-state index in [0.29, 0.717) is 38.4 Å². The number of ether oxygens (including phenoxy) is 2. The predicted octanol–water partition coefficient (Wildman–Crippen LogP) is 2.97. The Labute approximate surface area is 152 Å². The average molecular weight is 347 g/mol. The molecule has 0 fully saturated rings. The van der Waals surface area contributed by atoms with Gasteiger partial charge in [-0.15, -0.1) is 6.58 Å². The van der Waals surface area contributed by atoms with Crippen molar-refractivity contribution in [3.63, 3.8) is 0 Å². The molecule has 4 nitrogen and oxygen atoms in total. The molecule has 0 amide bonds. The van der Waals surface area contributed by atoms with Crippen LogP contribution in [-0.4, -0.2) is 44.2 Å². The third-order valence-corrected chi connectivity index (χ3v) is 4.95. The Bertz CT molecular complexity index is 518. The number of hydrogen-bond donors (Lipinski definition) is 2. The van der Waals surface area contributed by atoms with Crippen molar-refractivity contribution >= 4 is 0 Å².